The third-order valence-electron chi connectivity index (χ3n) is 3.38. The number of ether oxygens (including phenoxy) is 1. The fourth-order valence-corrected chi connectivity index (χ4v) is 2.67. The van der Waals surface area contributed by atoms with Crippen LogP contribution in [0.2, 0.25) is 0 Å². The van der Waals surface area contributed by atoms with E-state index < -0.39 is 16.7 Å². The van der Waals surface area contributed by atoms with Crippen LogP contribution in [0.3, 0.4) is 0 Å². The zero-order valence-electron chi connectivity index (χ0n) is 14.5. The van der Waals surface area contributed by atoms with Gasteiger partial charge in [0, 0.05) is 22.2 Å². The first-order valence-corrected chi connectivity index (χ1v) is 9.00. The van der Waals surface area contributed by atoms with Crippen LogP contribution in [0.15, 0.2) is 46.9 Å². The molecule has 11 heteroatoms. The number of rotatable bonds is 5. The number of thiocarbonyl (C=S) groups is 1. The summed E-state index contributed by atoms with van der Waals surface area (Å²) in [4.78, 5) is 33.9. The lowest BCUT2D eigenvalue weighted by Gasteiger charge is -2.12. The minimum atomic E-state index is -0.576. The Bertz CT molecular complexity index is 920. The van der Waals surface area contributed by atoms with Gasteiger partial charge in [-0.2, -0.15) is 0 Å². The van der Waals surface area contributed by atoms with Gasteiger partial charge in [0.1, 0.15) is 5.75 Å². The van der Waals surface area contributed by atoms with E-state index >= 15 is 0 Å². The SMILES string of the molecule is Cc1cc(Br)ccc1OCC(=O)NC(=S)NNC(=O)c1ccc([N+](=O)[O-])cc1. The number of aryl methyl sites for hydroxylation is 1. The van der Waals surface area contributed by atoms with Gasteiger partial charge in [0.25, 0.3) is 17.5 Å². The number of nitro groups is 1. The summed E-state index contributed by atoms with van der Waals surface area (Å²) >= 11 is 8.26. The Kier molecular flexibility index (Phi) is 7.41. The van der Waals surface area contributed by atoms with Crippen molar-refractivity contribution in [3.8, 4) is 5.75 Å². The van der Waals surface area contributed by atoms with Crippen molar-refractivity contribution in [2.24, 2.45) is 0 Å². The van der Waals surface area contributed by atoms with E-state index in [1.807, 2.05) is 13.0 Å². The van der Waals surface area contributed by atoms with E-state index in [2.05, 4.69) is 32.1 Å². The molecule has 3 N–H and O–H groups in total. The van der Waals surface area contributed by atoms with Crippen LogP contribution >= 0.6 is 28.1 Å². The third kappa shape index (κ3) is 6.28. The summed E-state index contributed by atoms with van der Waals surface area (Å²) in [5.74, 6) is -0.527. The highest BCUT2D eigenvalue weighted by molar-refractivity contribution is 9.10. The van der Waals surface area contributed by atoms with Crippen LogP contribution < -0.4 is 20.9 Å². The molecule has 2 amide bonds. The van der Waals surface area contributed by atoms with Crippen LogP contribution in [-0.2, 0) is 4.79 Å². The molecule has 0 aromatic heterocycles. The summed E-state index contributed by atoms with van der Waals surface area (Å²) in [6.45, 7) is 1.58. The zero-order valence-corrected chi connectivity index (χ0v) is 16.9. The molecule has 0 saturated heterocycles. The number of amides is 2. The summed E-state index contributed by atoms with van der Waals surface area (Å²) in [5, 5.41) is 12.8. The Balaban J connectivity index is 1.77. The van der Waals surface area contributed by atoms with Gasteiger partial charge >= 0.3 is 0 Å². The van der Waals surface area contributed by atoms with E-state index in [4.69, 9.17) is 17.0 Å². The van der Waals surface area contributed by atoms with Crippen molar-refractivity contribution in [1.29, 1.82) is 0 Å². The van der Waals surface area contributed by atoms with Crippen LogP contribution in [0, 0.1) is 17.0 Å². The number of nitro benzene ring substituents is 1. The first-order valence-electron chi connectivity index (χ1n) is 7.80. The molecule has 0 atom stereocenters. The average Bonchev–Trinajstić information content (AvgIpc) is 2.65. The van der Waals surface area contributed by atoms with Crippen molar-refractivity contribution in [2.45, 2.75) is 6.92 Å². The topological polar surface area (TPSA) is 123 Å². The number of halogens is 1. The number of non-ortho nitro benzene ring substituents is 1. The molecule has 9 nitrogen and oxygen atoms in total. The van der Waals surface area contributed by atoms with Gasteiger partial charge in [0.2, 0.25) is 0 Å². The number of hydrazine groups is 1. The second-order valence-corrected chi connectivity index (χ2v) is 6.78. The van der Waals surface area contributed by atoms with Gasteiger partial charge in [0.05, 0.1) is 4.92 Å². The number of hydrogen-bond acceptors (Lipinski definition) is 6. The van der Waals surface area contributed by atoms with Crippen LogP contribution in [0.25, 0.3) is 0 Å². The largest absolute Gasteiger partial charge is 0.483 e. The van der Waals surface area contributed by atoms with E-state index in [9.17, 15) is 19.7 Å². The molecule has 2 aromatic carbocycles. The van der Waals surface area contributed by atoms with E-state index in [-0.39, 0.29) is 23.0 Å². The fraction of sp³-hybridized carbons (Fsp3) is 0.118. The minimum Gasteiger partial charge on any atom is -0.483 e. The molecule has 0 aliphatic rings. The number of nitrogens with zero attached hydrogens (tertiary/aromatic N) is 1. The number of hydrogen-bond donors (Lipinski definition) is 3. The molecule has 0 aliphatic carbocycles. The molecule has 0 fully saturated rings. The van der Waals surface area contributed by atoms with Crippen LogP contribution in [0.4, 0.5) is 5.69 Å². The molecule has 0 radical (unpaired) electrons. The van der Waals surface area contributed by atoms with Crippen LogP contribution in [0.1, 0.15) is 15.9 Å². The molecule has 0 heterocycles. The van der Waals surface area contributed by atoms with Crippen molar-refractivity contribution in [3.05, 3.63) is 68.2 Å². The molecule has 2 aromatic rings. The standard InChI is InChI=1S/C17H15BrN4O5S/c1-10-8-12(18)4-7-14(10)27-9-15(23)19-17(28)21-20-16(24)11-2-5-13(6-3-11)22(25)26/h2-8H,9H2,1H3,(H,20,24)(H2,19,21,23,28). The lowest BCUT2D eigenvalue weighted by Crippen LogP contribution is -2.49. The Hall–Kier alpha value is -3.05. The van der Waals surface area contributed by atoms with Gasteiger partial charge in [-0.15, -0.1) is 0 Å². The normalized spacial score (nSPS) is 9.93. The fourth-order valence-electron chi connectivity index (χ4n) is 2.03. The second kappa shape index (κ2) is 9.76. The number of carbonyl (C=O) groups excluding carboxylic acids is 2. The summed E-state index contributed by atoms with van der Waals surface area (Å²) in [7, 11) is 0. The smallest absolute Gasteiger partial charge is 0.269 e. The number of nitrogens with one attached hydrogen (secondary N) is 3. The maximum Gasteiger partial charge on any atom is 0.269 e. The van der Waals surface area contributed by atoms with Crippen LogP contribution in [0.5, 0.6) is 5.75 Å². The molecule has 28 heavy (non-hydrogen) atoms. The van der Waals surface area contributed by atoms with Gasteiger partial charge in [-0.3, -0.25) is 35.9 Å². The second-order valence-electron chi connectivity index (χ2n) is 5.46. The zero-order chi connectivity index (χ0) is 20.7. The Morgan fingerprint density at radius 1 is 1.18 bits per heavy atom. The van der Waals surface area contributed by atoms with Crippen molar-refractivity contribution in [2.75, 3.05) is 6.61 Å². The maximum atomic E-state index is 11.9. The number of benzene rings is 2. The molecule has 146 valence electrons. The summed E-state index contributed by atoms with van der Waals surface area (Å²) in [6.07, 6.45) is 0. The molecule has 2 rings (SSSR count). The summed E-state index contributed by atoms with van der Waals surface area (Å²) in [6, 6.07) is 10.4. The molecule has 0 spiro atoms. The van der Waals surface area contributed by atoms with E-state index in [1.54, 1.807) is 12.1 Å². The number of carbonyl (C=O) groups is 2. The van der Waals surface area contributed by atoms with Gasteiger partial charge in [0.15, 0.2) is 11.7 Å². The van der Waals surface area contributed by atoms with Gasteiger partial charge in [-0.1, -0.05) is 15.9 Å². The lowest BCUT2D eigenvalue weighted by atomic mass is 10.2. The Morgan fingerprint density at radius 2 is 1.86 bits per heavy atom. The summed E-state index contributed by atoms with van der Waals surface area (Å²) in [5.41, 5.74) is 5.56. The van der Waals surface area contributed by atoms with Gasteiger partial charge in [-0.25, -0.2) is 0 Å². The van der Waals surface area contributed by atoms with Gasteiger partial charge in [-0.05, 0) is 55.0 Å². The monoisotopic (exact) mass is 466 g/mol. The van der Waals surface area contributed by atoms with Crippen molar-refractivity contribution in [1.82, 2.24) is 16.2 Å². The van der Waals surface area contributed by atoms with E-state index in [0.717, 1.165) is 10.0 Å². The first-order chi connectivity index (χ1) is 13.3. The predicted molar refractivity (Wildman–Crippen MR) is 109 cm³/mol. The quantitative estimate of drug-likeness (QED) is 0.351. The van der Waals surface area contributed by atoms with Crippen LogP contribution in [-0.4, -0.2) is 28.5 Å². The Labute approximate surface area is 173 Å². The highest BCUT2D eigenvalue weighted by atomic mass is 79.9. The first kappa shape index (κ1) is 21.3. The van der Waals surface area contributed by atoms with Crippen molar-refractivity contribution in [3.63, 3.8) is 0 Å². The Morgan fingerprint density at radius 3 is 2.46 bits per heavy atom. The van der Waals surface area contributed by atoms with Gasteiger partial charge < -0.3 is 4.74 Å². The van der Waals surface area contributed by atoms with Crippen molar-refractivity contribution >= 4 is 50.8 Å². The summed E-state index contributed by atoms with van der Waals surface area (Å²) < 4.78 is 6.32. The highest BCUT2D eigenvalue weighted by Crippen LogP contribution is 2.21. The molecule has 0 aliphatic heterocycles. The average molecular weight is 467 g/mol. The predicted octanol–water partition coefficient (Wildman–Crippen LogP) is 2.38. The molecule has 0 saturated carbocycles. The highest BCUT2D eigenvalue weighted by Gasteiger charge is 2.11. The van der Waals surface area contributed by atoms with Crippen molar-refractivity contribution < 1.29 is 19.2 Å². The molecule has 0 bridgehead atoms. The third-order valence-corrected chi connectivity index (χ3v) is 4.08. The minimum absolute atomic E-state index is 0.128. The maximum absolute atomic E-state index is 11.9. The molecule has 0 unspecified atom stereocenters. The molecular weight excluding hydrogens is 452 g/mol. The van der Waals surface area contributed by atoms with E-state index in [1.165, 1.54) is 24.3 Å². The molecular formula is C17H15BrN4O5S. The lowest BCUT2D eigenvalue weighted by molar-refractivity contribution is -0.384. The van der Waals surface area contributed by atoms with E-state index in [0.29, 0.717) is 5.75 Å².